The quantitative estimate of drug-likeness (QED) is 0.477. The lowest BCUT2D eigenvalue weighted by atomic mass is 9.95. The molecule has 0 fully saturated rings. The normalized spacial score (nSPS) is 8.92. The van der Waals surface area contributed by atoms with E-state index in [2.05, 4.69) is 0 Å². The molecule has 0 saturated heterocycles. The maximum absolute atomic E-state index is 11.0. The SMILES string of the molecule is [B]CC(=O)c1cccc(C#N)c1. The zero-order chi connectivity index (χ0) is 8.97. The zero-order valence-corrected chi connectivity index (χ0v) is 6.45. The second-order valence-corrected chi connectivity index (χ2v) is 2.32. The summed E-state index contributed by atoms with van der Waals surface area (Å²) in [6.07, 6.45) is -0.0190. The van der Waals surface area contributed by atoms with Gasteiger partial charge >= 0.3 is 0 Å². The van der Waals surface area contributed by atoms with Crippen LogP contribution < -0.4 is 0 Å². The van der Waals surface area contributed by atoms with Crippen molar-refractivity contribution in [2.75, 3.05) is 0 Å². The molecular formula is C9H6BNO. The first kappa shape index (κ1) is 8.54. The molecule has 0 aliphatic heterocycles. The first-order valence-corrected chi connectivity index (χ1v) is 3.51. The summed E-state index contributed by atoms with van der Waals surface area (Å²) in [4.78, 5) is 11.0. The van der Waals surface area contributed by atoms with Gasteiger partial charge < -0.3 is 0 Å². The largest absolute Gasteiger partial charge is 0.295 e. The van der Waals surface area contributed by atoms with Gasteiger partial charge in [-0.2, -0.15) is 5.26 Å². The highest BCUT2D eigenvalue weighted by Gasteiger charge is 2.01. The minimum absolute atomic E-state index is 0.0190. The van der Waals surface area contributed by atoms with Crippen molar-refractivity contribution < 1.29 is 4.79 Å². The number of hydrogen-bond donors (Lipinski definition) is 0. The van der Waals surface area contributed by atoms with E-state index in [1.54, 1.807) is 18.2 Å². The molecule has 0 aliphatic rings. The van der Waals surface area contributed by atoms with Gasteiger partial charge in [0.2, 0.25) is 0 Å². The van der Waals surface area contributed by atoms with Crippen molar-refractivity contribution in [2.45, 2.75) is 6.32 Å². The number of Topliss-reactive ketones (excluding diaryl/α,β-unsaturated/α-hetero) is 1. The van der Waals surface area contributed by atoms with Crippen molar-refractivity contribution in [3.8, 4) is 6.07 Å². The van der Waals surface area contributed by atoms with Crippen LogP contribution >= 0.6 is 0 Å². The van der Waals surface area contributed by atoms with Crippen LogP contribution in [0.4, 0.5) is 0 Å². The molecule has 3 heteroatoms. The summed E-state index contributed by atoms with van der Waals surface area (Å²) in [6.45, 7) is 0. The third kappa shape index (κ3) is 1.73. The second-order valence-electron chi connectivity index (χ2n) is 2.32. The number of hydrogen-bond acceptors (Lipinski definition) is 2. The predicted molar refractivity (Wildman–Crippen MR) is 46.0 cm³/mol. The Bertz CT molecular complexity index is 341. The molecule has 1 rings (SSSR count). The fourth-order valence-electron chi connectivity index (χ4n) is 0.880. The Hall–Kier alpha value is -1.56. The van der Waals surface area contributed by atoms with Crippen LogP contribution in [0.15, 0.2) is 24.3 Å². The monoisotopic (exact) mass is 155 g/mol. The molecule has 0 N–H and O–H groups in total. The Morgan fingerprint density at radius 1 is 1.58 bits per heavy atom. The van der Waals surface area contributed by atoms with E-state index in [9.17, 15) is 4.79 Å². The van der Waals surface area contributed by atoms with E-state index in [-0.39, 0.29) is 12.1 Å². The average molecular weight is 155 g/mol. The molecule has 0 saturated carbocycles. The number of ketones is 1. The van der Waals surface area contributed by atoms with Crippen LogP contribution in [0.1, 0.15) is 15.9 Å². The van der Waals surface area contributed by atoms with Gasteiger partial charge in [0.1, 0.15) is 0 Å². The number of rotatable bonds is 2. The van der Waals surface area contributed by atoms with Gasteiger partial charge in [-0.1, -0.05) is 12.1 Å². The summed E-state index contributed by atoms with van der Waals surface area (Å²) < 4.78 is 0. The fourth-order valence-corrected chi connectivity index (χ4v) is 0.880. The van der Waals surface area contributed by atoms with Crippen LogP contribution in [-0.2, 0) is 0 Å². The number of carbonyl (C=O) groups is 1. The van der Waals surface area contributed by atoms with Crippen molar-refractivity contribution in [2.24, 2.45) is 0 Å². The maximum atomic E-state index is 11.0. The lowest BCUT2D eigenvalue weighted by molar-refractivity contribution is 0.101. The number of nitrogens with zero attached hydrogens (tertiary/aromatic N) is 1. The van der Waals surface area contributed by atoms with E-state index in [0.29, 0.717) is 11.1 Å². The van der Waals surface area contributed by atoms with Gasteiger partial charge in [-0.05, 0) is 18.5 Å². The molecule has 0 heterocycles. The van der Waals surface area contributed by atoms with Crippen molar-refractivity contribution in [3.05, 3.63) is 35.4 Å². The van der Waals surface area contributed by atoms with Crippen LogP contribution in [0, 0.1) is 11.3 Å². The third-order valence-corrected chi connectivity index (χ3v) is 1.50. The van der Waals surface area contributed by atoms with Crippen molar-refractivity contribution in [1.29, 1.82) is 5.26 Å². The van der Waals surface area contributed by atoms with Gasteiger partial charge in [0.25, 0.3) is 0 Å². The zero-order valence-electron chi connectivity index (χ0n) is 6.45. The minimum atomic E-state index is -0.146. The van der Waals surface area contributed by atoms with Crippen molar-refractivity contribution >= 4 is 13.6 Å². The fraction of sp³-hybridized carbons (Fsp3) is 0.111. The Morgan fingerprint density at radius 2 is 2.33 bits per heavy atom. The second kappa shape index (κ2) is 3.73. The molecular weight excluding hydrogens is 149 g/mol. The van der Waals surface area contributed by atoms with Gasteiger partial charge in [-0.25, -0.2) is 0 Å². The molecule has 0 bridgehead atoms. The molecule has 2 radical (unpaired) electrons. The third-order valence-electron chi connectivity index (χ3n) is 1.50. The Morgan fingerprint density at radius 3 is 2.92 bits per heavy atom. The average Bonchev–Trinajstić information content (AvgIpc) is 2.17. The number of carbonyl (C=O) groups excluding carboxylic acids is 1. The molecule has 0 atom stereocenters. The van der Waals surface area contributed by atoms with Crippen molar-refractivity contribution in [1.82, 2.24) is 0 Å². The summed E-state index contributed by atoms with van der Waals surface area (Å²) in [5.41, 5.74) is 0.978. The highest BCUT2D eigenvalue weighted by atomic mass is 16.1. The van der Waals surface area contributed by atoms with E-state index in [0.717, 1.165) is 0 Å². The first-order chi connectivity index (χ1) is 5.77. The Kier molecular flexibility index (Phi) is 2.65. The van der Waals surface area contributed by atoms with Crippen molar-refractivity contribution in [3.63, 3.8) is 0 Å². The van der Waals surface area contributed by atoms with Crippen LogP contribution in [0.3, 0.4) is 0 Å². The number of benzene rings is 1. The van der Waals surface area contributed by atoms with E-state index in [1.165, 1.54) is 6.07 Å². The smallest absolute Gasteiger partial charge is 0.154 e. The molecule has 1 aromatic carbocycles. The van der Waals surface area contributed by atoms with Crippen LogP contribution in [0.5, 0.6) is 0 Å². The van der Waals surface area contributed by atoms with Gasteiger partial charge in [0.05, 0.1) is 19.5 Å². The molecule has 12 heavy (non-hydrogen) atoms. The van der Waals surface area contributed by atoms with E-state index >= 15 is 0 Å². The van der Waals surface area contributed by atoms with Gasteiger partial charge in [-0.15, -0.1) is 0 Å². The predicted octanol–water partition coefficient (Wildman–Crippen LogP) is 1.33. The molecule has 0 aliphatic carbocycles. The topological polar surface area (TPSA) is 40.9 Å². The minimum Gasteiger partial charge on any atom is -0.295 e. The van der Waals surface area contributed by atoms with Crippen LogP contribution in [0.25, 0.3) is 0 Å². The van der Waals surface area contributed by atoms with Gasteiger partial charge in [-0.3, -0.25) is 4.79 Å². The summed E-state index contributed by atoms with van der Waals surface area (Å²) in [7, 11) is 5.16. The highest BCUT2D eigenvalue weighted by Crippen LogP contribution is 2.05. The summed E-state index contributed by atoms with van der Waals surface area (Å²) in [6, 6.07) is 8.45. The van der Waals surface area contributed by atoms with Gasteiger partial charge in [0, 0.05) is 5.56 Å². The summed E-state index contributed by atoms with van der Waals surface area (Å²) in [5.74, 6) is -0.146. The molecule has 0 aromatic heterocycles. The van der Waals surface area contributed by atoms with E-state index < -0.39 is 0 Å². The Balaban J connectivity index is 3.04. The van der Waals surface area contributed by atoms with E-state index in [1.807, 2.05) is 6.07 Å². The molecule has 0 unspecified atom stereocenters. The highest BCUT2D eigenvalue weighted by molar-refractivity contribution is 6.24. The first-order valence-electron chi connectivity index (χ1n) is 3.51. The summed E-state index contributed by atoms with van der Waals surface area (Å²) in [5, 5.41) is 8.52. The number of nitriles is 1. The molecule has 0 spiro atoms. The van der Waals surface area contributed by atoms with Gasteiger partial charge in [0.15, 0.2) is 5.78 Å². The molecule has 56 valence electrons. The van der Waals surface area contributed by atoms with E-state index in [4.69, 9.17) is 13.1 Å². The Labute approximate surface area is 72.2 Å². The molecule has 2 nitrogen and oxygen atoms in total. The van der Waals surface area contributed by atoms with Crippen LogP contribution in [-0.4, -0.2) is 13.6 Å². The molecule has 1 aromatic rings. The molecule has 0 amide bonds. The van der Waals surface area contributed by atoms with Crippen LogP contribution in [0.2, 0.25) is 6.32 Å². The maximum Gasteiger partial charge on any atom is 0.154 e. The summed E-state index contributed by atoms with van der Waals surface area (Å²) >= 11 is 0. The lowest BCUT2D eigenvalue weighted by Crippen LogP contribution is -1.97. The standard InChI is InChI=1S/C9H6BNO/c10-5-9(12)8-3-1-2-7(4-8)6-11/h1-4H,5H2. The lowest BCUT2D eigenvalue weighted by Gasteiger charge is -1.96.